The molecule has 2 aromatic heterocycles. The van der Waals surface area contributed by atoms with Crippen molar-refractivity contribution in [2.24, 2.45) is 0 Å². The van der Waals surface area contributed by atoms with Crippen LogP contribution in [-0.2, 0) is 10.0 Å². The standard InChI is InChI=1S/C18H13NO3S/c20-23(21,15-6-2-1-3-7-15)19-12-17(14-10-11-22-13-14)16-8-4-5-9-18(16)19/h1-13H. The van der Waals surface area contributed by atoms with Crippen molar-refractivity contribution in [2.45, 2.75) is 4.90 Å². The zero-order chi connectivity index (χ0) is 15.9. The van der Waals surface area contributed by atoms with Gasteiger partial charge in [-0.2, -0.15) is 0 Å². The summed E-state index contributed by atoms with van der Waals surface area (Å²) < 4.78 is 32.4. The van der Waals surface area contributed by atoms with Gasteiger partial charge in [0.15, 0.2) is 0 Å². The largest absolute Gasteiger partial charge is 0.472 e. The van der Waals surface area contributed by atoms with Crippen LogP contribution < -0.4 is 0 Å². The lowest BCUT2D eigenvalue weighted by atomic mass is 10.1. The maximum atomic E-state index is 13.0. The van der Waals surface area contributed by atoms with Crippen LogP contribution in [0.5, 0.6) is 0 Å². The molecule has 0 fully saturated rings. The molecule has 5 heteroatoms. The molecule has 0 amide bonds. The first kappa shape index (κ1) is 13.8. The zero-order valence-electron chi connectivity index (χ0n) is 12.1. The van der Waals surface area contributed by atoms with E-state index in [2.05, 4.69) is 0 Å². The third kappa shape index (κ3) is 2.17. The summed E-state index contributed by atoms with van der Waals surface area (Å²) in [4.78, 5) is 0.263. The van der Waals surface area contributed by atoms with Crippen LogP contribution in [-0.4, -0.2) is 12.4 Å². The van der Waals surface area contributed by atoms with E-state index in [9.17, 15) is 8.42 Å². The van der Waals surface area contributed by atoms with E-state index >= 15 is 0 Å². The minimum absolute atomic E-state index is 0.263. The van der Waals surface area contributed by atoms with Gasteiger partial charge < -0.3 is 4.42 Å². The molecule has 2 heterocycles. The van der Waals surface area contributed by atoms with E-state index in [4.69, 9.17) is 4.42 Å². The lowest BCUT2D eigenvalue weighted by molar-refractivity contribution is 0.568. The maximum absolute atomic E-state index is 13.0. The molecule has 2 aromatic carbocycles. The Kier molecular flexibility index (Phi) is 3.09. The Morgan fingerprint density at radius 3 is 2.35 bits per heavy atom. The number of hydrogen-bond acceptors (Lipinski definition) is 3. The molecule has 0 saturated heterocycles. The highest BCUT2D eigenvalue weighted by molar-refractivity contribution is 7.90. The molecule has 0 aliphatic carbocycles. The topological polar surface area (TPSA) is 52.2 Å². The predicted octanol–water partition coefficient (Wildman–Crippen LogP) is 4.14. The smallest absolute Gasteiger partial charge is 0.268 e. The molecule has 4 rings (SSSR count). The summed E-state index contributed by atoms with van der Waals surface area (Å²) >= 11 is 0. The molecule has 4 aromatic rings. The molecule has 0 radical (unpaired) electrons. The molecule has 0 N–H and O–H groups in total. The van der Waals surface area contributed by atoms with Crippen molar-refractivity contribution in [2.75, 3.05) is 0 Å². The first-order valence-electron chi connectivity index (χ1n) is 7.11. The summed E-state index contributed by atoms with van der Waals surface area (Å²) in [5, 5.41) is 0.869. The van der Waals surface area contributed by atoms with E-state index < -0.39 is 10.0 Å². The highest BCUT2D eigenvalue weighted by atomic mass is 32.2. The van der Waals surface area contributed by atoms with Crippen LogP contribution in [0, 0.1) is 0 Å². The minimum Gasteiger partial charge on any atom is -0.472 e. The number of furan rings is 1. The molecule has 23 heavy (non-hydrogen) atoms. The van der Waals surface area contributed by atoms with Gasteiger partial charge in [0.25, 0.3) is 10.0 Å². The van der Waals surface area contributed by atoms with Gasteiger partial charge >= 0.3 is 0 Å². The quantitative estimate of drug-likeness (QED) is 0.569. The second-order valence-electron chi connectivity index (χ2n) is 5.19. The highest BCUT2D eigenvalue weighted by Gasteiger charge is 2.21. The predicted molar refractivity (Wildman–Crippen MR) is 88.7 cm³/mol. The van der Waals surface area contributed by atoms with Crippen molar-refractivity contribution in [1.82, 2.24) is 3.97 Å². The lowest BCUT2D eigenvalue weighted by Crippen LogP contribution is -2.11. The van der Waals surface area contributed by atoms with Gasteiger partial charge in [0.05, 0.1) is 22.9 Å². The maximum Gasteiger partial charge on any atom is 0.268 e. The lowest BCUT2D eigenvalue weighted by Gasteiger charge is -2.07. The van der Waals surface area contributed by atoms with Gasteiger partial charge in [-0.25, -0.2) is 12.4 Å². The van der Waals surface area contributed by atoms with Crippen LogP contribution >= 0.6 is 0 Å². The van der Waals surface area contributed by atoms with Gasteiger partial charge in [-0.15, -0.1) is 0 Å². The fraction of sp³-hybridized carbons (Fsp3) is 0. The van der Waals surface area contributed by atoms with Crippen LogP contribution in [0.3, 0.4) is 0 Å². The summed E-state index contributed by atoms with van der Waals surface area (Å²) in [5.74, 6) is 0. The van der Waals surface area contributed by atoms with E-state index in [-0.39, 0.29) is 4.90 Å². The number of fused-ring (bicyclic) bond motifs is 1. The number of benzene rings is 2. The van der Waals surface area contributed by atoms with Crippen molar-refractivity contribution in [3.8, 4) is 11.1 Å². The molecule has 0 unspecified atom stereocenters. The first-order valence-corrected chi connectivity index (χ1v) is 8.55. The summed E-state index contributed by atoms with van der Waals surface area (Å²) in [6.45, 7) is 0. The molecule has 0 bridgehead atoms. The van der Waals surface area contributed by atoms with E-state index in [1.165, 1.54) is 3.97 Å². The van der Waals surface area contributed by atoms with E-state index in [0.29, 0.717) is 5.52 Å². The molecule has 0 aliphatic heterocycles. The Bertz CT molecular complexity index is 1060. The molecule has 0 aliphatic rings. The highest BCUT2D eigenvalue weighted by Crippen LogP contribution is 2.33. The summed E-state index contributed by atoms with van der Waals surface area (Å²) in [5.41, 5.74) is 2.32. The van der Waals surface area contributed by atoms with Gasteiger partial charge in [0, 0.05) is 22.7 Å². The van der Waals surface area contributed by atoms with E-state index in [0.717, 1.165) is 16.5 Å². The second-order valence-corrected chi connectivity index (χ2v) is 7.00. The molecule has 0 spiro atoms. The van der Waals surface area contributed by atoms with Crippen LogP contribution in [0.25, 0.3) is 22.0 Å². The Balaban J connectivity index is 2.02. The number of para-hydroxylation sites is 1. The average molecular weight is 323 g/mol. The third-order valence-electron chi connectivity index (χ3n) is 3.81. The molecule has 0 atom stereocenters. The molecule has 0 saturated carbocycles. The van der Waals surface area contributed by atoms with Crippen molar-refractivity contribution in [3.05, 3.63) is 79.4 Å². The fourth-order valence-electron chi connectivity index (χ4n) is 2.70. The van der Waals surface area contributed by atoms with Gasteiger partial charge in [0.2, 0.25) is 0 Å². The second kappa shape index (κ2) is 5.14. The van der Waals surface area contributed by atoms with Crippen molar-refractivity contribution >= 4 is 20.9 Å². The average Bonchev–Trinajstić information content (AvgIpc) is 3.23. The van der Waals surface area contributed by atoms with Crippen LogP contribution in [0.15, 0.2) is 88.7 Å². The fourth-order valence-corrected chi connectivity index (χ4v) is 4.09. The van der Waals surface area contributed by atoms with Crippen molar-refractivity contribution < 1.29 is 12.8 Å². The number of nitrogens with zero attached hydrogens (tertiary/aromatic N) is 1. The first-order chi connectivity index (χ1) is 11.2. The summed E-state index contributed by atoms with van der Waals surface area (Å²) in [7, 11) is -3.65. The Morgan fingerprint density at radius 2 is 1.61 bits per heavy atom. The Hall–Kier alpha value is -2.79. The van der Waals surface area contributed by atoms with E-state index in [1.807, 2.05) is 24.3 Å². The number of hydrogen-bond donors (Lipinski definition) is 0. The summed E-state index contributed by atoms with van der Waals surface area (Å²) in [6, 6.07) is 17.7. The van der Waals surface area contributed by atoms with E-state index in [1.54, 1.807) is 55.1 Å². The number of rotatable bonds is 3. The summed E-state index contributed by atoms with van der Waals surface area (Å²) in [6.07, 6.45) is 4.84. The Labute approximate surface area is 133 Å². The molecule has 4 nitrogen and oxygen atoms in total. The van der Waals surface area contributed by atoms with Crippen molar-refractivity contribution in [1.29, 1.82) is 0 Å². The van der Waals surface area contributed by atoms with Gasteiger partial charge in [-0.3, -0.25) is 0 Å². The van der Waals surface area contributed by atoms with Gasteiger partial charge in [-0.1, -0.05) is 36.4 Å². The van der Waals surface area contributed by atoms with Crippen LogP contribution in [0.2, 0.25) is 0 Å². The van der Waals surface area contributed by atoms with Gasteiger partial charge in [-0.05, 0) is 24.3 Å². The van der Waals surface area contributed by atoms with Gasteiger partial charge in [0.1, 0.15) is 0 Å². The number of aromatic nitrogens is 1. The molecule has 114 valence electrons. The van der Waals surface area contributed by atoms with Crippen LogP contribution in [0.4, 0.5) is 0 Å². The molecular weight excluding hydrogens is 310 g/mol. The van der Waals surface area contributed by atoms with Crippen molar-refractivity contribution in [3.63, 3.8) is 0 Å². The van der Waals surface area contributed by atoms with Crippen LogP contribution in [0.1, 0.15) is 0 Å². The minimum atomic E-state index is -3.65. The Morgan fingerprint density at radius 1 is 0.870 bits per heavy atom. The molecular formula is C18H13NO3S. The SMILES string of the molecule is O=S(=O)(c1ccccc1)n1cc(-c2ccoc2)c2ccccc21. The third-order valence-corrected chi connectivity index (χ3v) is 5.50. The monoisotopic (exact) mass is 323 g/mol. The normalized spacial score (nSPS) is 11.8. The zero-order valence-corrected chi connectivity index (χ0v) is 12.9.